The van der Waals surface area contributed by atoms with E-state index in [2.05, 4.69) is 6.92 Å². The van der Waals surface area contributed by atoms with E-state index in [-0.39, 0.29) is 23.7 Å². The summed E-state index contributed by atoms with van der Waals surface area (Å²) in [5.74, 6) is -0.784. The minimum atomic E-state index is -1.01. The molecule has 1 saturated carbocycles. The summed E-state index contributed by atoms with van der Waals surface area (Å²) in [6.07, 6.45) is 11.5. The van der Waals surface area contributed by atoms with Gasteiger partial charge in [0.1, 0.15) is 0 Å². The predicted octanol–water partition coefficient (Wildman–Crippen LogP) is 6.41. The van der Waals surface area contributed by atoms with Crippen molar-refractivity contribution in [3.05, 3.63) is 82.0 Å². The van der Waals surface area contributed by atoms with E-state index in [0.717, 1.165) is 61.8 Å². The quantitative estimate of drug-likeness (QED) is 0.335. The molecule has 1 aliphatic carbocycles. The highest BCUT2D eigenvalue weighted by Gasteiger charge is 2.22. The Morgan fingerprint density at radius 1 is 1.00 bits per heavy atom. The lowest BCUT2D eigenvalue weighted by atomic mass is 9.87. The number of carbonyl (C=O) groups is 2. The van der Waals surface area contributed by atoms with E-state index in [1.165, 1.54) is 11.0 Å². The normalized spacial score (nSPS) is 14.1. The first kappa shape index (κ1) is 25.7. The van der Waals surface area contributed by atoms with Crippen molar-refractivity contribution in [3.63, 3.8) is 0 Å². The van der Waals surface area contributed by atoms with E-state index < -0.39 is 5.97 Å². The van der Waals surface area contributed by atoms with Gasteiger partial charge in [-0.15, -0.1) is 0 Å². The van der Waals surface area contributed by atoms with E-state index in [9.17, 15) is 19.5 Å². The lowest BCUT2D eigenvalue weighted by Crippen LogP contribution is -2.30. The van der Waals surface area contributed by atoms with Gasteiger partial charge >= 0.3 is 11.7 Å². The van der Waals surface area contributed by atoms with Crippen LogP contribution in [0.5, 0.6) is 0 Å². The number of benzene rings is 2. The second-order valence-corrected chi connectivity index (χ2v) is 9.97. The number of imidazole rings is 1. The molecule has 1 N–H and O–H groups in total. The zero-order valence-electron chi connectivity index (χ0n) is 21.1. The molecule has 6 nitrogen and oxygen atoms in total. The summed E-state index contributed by atoms with van der Waals surface area (Å²) in [6.45, 7) is 2.37. The first-order valence-corrected chi connectivity index (χ1v) is 13.2. The molecule has 6 heteroatoms. The van der Waals surface area contributed by atoms with Crippen LogP contribution in [0, 0.1) is 5.92 Å². The van der Waals surface area contributed by atoms with Gasteiger partial charge in [-0.3, -0.25) is 9.36 Å². The number of aryl methyl sites for hydroxylation is 1. The lowest BCUT2D eigenvalue weighted by molar-refractivity contribution is 0.0697. The number of carbonyl (C=O) groups excluding carboxylic acids is 1. The number of nitrogens with zero attached hydrogens (tertiary/aromatic N) is 2. The van der Waals surface area contributed by atoms with Crippen molar-refractivity contribution in [2.45, 2.75) is 77.7 Å². The first-order valence-electron chi connectivity index (χ1n) is 13.2. The van der Waals surface area contributed by atoms with Crippen LogP contribution in [-0.4, -0.2) is 26.1 Å². The van der Waals surface area contributed by atoms with Crippen LogP contribution in [0.15, 0.2) is 59.5 Å². The molecule has 1 aromatic heterocycles. The van der Waals surface area contributed by atoms with Gasteiger partial charge in [-0.2, -0.15) is 0 Å². The summed E-state index contributed by atoms with van der Waals surface area (Å²) in [4.78, 5) is 38.6. The molecule has 4 rings (SSSR count). The van der Waals surface area contributed by atoms with E-state index in [4.69, 9.17) is 0 Å². The Hall–Kier alpha value is -3.41. The fourth-order valence-corrected chi connectivity index (χ4v) is 5.29. The number of hydrogen-bond donors (Lipinski definition) is 1. The molecule has 0 radical (unpaired) electrons. The topological polar surface area (TPSA) is 81.3 Å². The maximum atomic E-state index is 13.4. The fraction of sp³-hybridized carbons (Fsp3) is 0.433. The van der Waals surface area contributed by atoms with Gasteiger partial charge in [-0.05, 0) is 54.4 Å². The molecule has 1 heterocycles. The van der Waals surface area contributed by atoms with Crippen molar-refractivity contribution in [2.24, 2.45) is 5.92 Å². The van der Waals surface area contributed by atoms with Crippen molar-refractivity contribution >= 4 is 11.9 Å². The van der Waals surface area contributed by atoms with Gasteiger partial charge in [-0.25, -0.2) is 14.2 Å². The van der Waals surface area contributed by atoms with Crippen molar-refractivity contribution in [1.82, 2.24) is 9.13 Å². The number of carboxylic acid groups (broad SMARTS) is 1. The number of aromatic nitrogens is 2. The number of unbranched alkanes of at least 4 members (excludes halogenated alkanes) is 2. The first-order chi connectivity index (χ1) is 17.5. The van der Waals surface area contributed by atoms with E-state index in [1.807, 2.05) is 36.4 Å². The van der Waals surface area contributed by atoms with Crippen LogP contribution in [0.4, 0.5) is 0 Å². The Balaban J connectivity index is 1.64. The molecule has 0 atom stereocenters. The van der Waals surface area contributed by atoms with E-state index in [0.29, 0.717) is 24.3 Å². The summed E-state index contributed by atoms with van der Waals surface area (Å²) in [6, 6.07) is 14.7. The average molecular weight is 489 g/mol. The van der Waals surface area contributed by atoms with Crippen LogP contribution in [0.2, 0.25) is 0 Å². The molecule has 36 heavy (non-hydrogen) atoms. The number of hydrogen-bond acceptors (Lipinski definition) is 3. The van der Waals surface area contributed by atoms with Crippen LogP contribution in [0.3, 0.4) is 0 Å². The third-order valence-corrected chi connectivity index (χ3v) is 7.29. The van der Waals surface area contributed by atoms with Gasteiger partial charge in [0.05, 0.1) is 12.1 Å². The van der Waals surface area contributed by atoms with Gasteiger partial charge < -0.3 is 5.11 Å². The summed E-state index contributed by atoms with van der Waals surface area (Å²) in [5.41, 5.74) is 2.90. The largest absolute Gasteiger partial charge is 0.478 e. The van der Waals surface area contributed by atoms with Gasteiger partial charge in [0.15, 0.2) is 0 Å². The molecule has 3 aromatic rings. The van der Waals surface area contributed by atoms with Crippen molar-refractivity contribution in [3.8, 4) is 11.1 Å². The summed E-state index contributed by atoms with van der Waals surface area (Å²) < 4.78 is 2.95. The Bertz CT molecular complexity index is 1250. The highest BCUT2D eigenvalue weighted by Crippen LogP contribution is 2.27. The van der Waals surface area contributed by atoms with E-state index in [1.54, 1.807) is 22.9 Å². The molecule has 0 aliphatic heterocycles. The van der Waals surface area contributed by atoms with Gasteiger partial charge in [0, 0.05) is 18.3 Å². The van der Waals surface area contributed by atoms with Crippen LogP contribution >= 0.6 is 0 Å². The molecule has 190 valence electrons. The van der Waals surface area contributed by atoms with Crippen LogP contribution in [-0.2, 0) is 13.0 Å². The lowest BCUT2D eigenvalue weighted by Gasteiger charge is -2.20. The van der Waals surface area contributed by atoms with Crippen LogP contribution in [0.1, 0.15) is 91.1 Å². The number of rotatable bonds is 10. The maximum Gasteiger partial charge on any atom is 0.336 e. The maximum absolute atomic E-state index is 13.4. The average Bonchev–Trinajstić information content (AvgIpc) is 3.20. The molecule has 0 amide bonds. The molecule has 1 aliphatic rings. The highest BCUT2D eigenvalue weighted by molar-refractivity contribution is 5.96. The van der Waals surface area contributed by atoms with Gasteiger partial charge in [0.2, 0.25) is 5.91 Å². The molecule has 0 bridgehead atoms. The Labute approximate surface area is 212 Å². The minimum Gasteiger partial charge on any atom is -0.478 e. The highest BCUT2D eigenvalue weighted by atomic mass is 16.4. The molecular weight excluding hydrogens is 452 g/mol. The zero-order chi connectivity index (χ0) is 25.5. The standard InChI is InChI=1S/C30H36N2O4/c1-2-3-6-15-25-21-32(28(33)19-22-11-7-4-8-12-22)30(36)31(25)20-23-16-17-26(27(18-23)29(34)35)24-13-9-5-10-14-24/h5,9-10,13-14,16-18,21-22H,2-4,6-8,11-12,15,19-20H2,1H3,(H,34,35). The summed E-state index contributed by atoms with van der Waals surface area (Å²) in [7, 11) is 0. The van der Waals surface area contributed by atoms with Crippen LogP contribution < -0.4 is 5.69 Å². The Kier molecular flexibility index (Phi) is 8.57. The van der Waals surface area contributed by atoms with Crippen molar-refractivity contribution in [2.75, 3.05) is 0 Å². The van der Waals surface area contributed by atoms with Crippen molar-refractivity contribution < 1.29 is 14.7 Å². The third-order valence-electron chi connectivity index (χ3n) is 7.29. The summed E-state index contributed by atoms with van der Waals surface area (Å²) >= 11 is 0. The van der Waals surface area contributed by atoms with Crippen molar-refractivity contribution in [1.29, 1.82) is 0 Å². The molecule has 0 spiro atoms. The van der Waals surface area contributed by atoms with E-state index >= 15 is 0 Å². The summed E-state index contributed by atoms with van der Waals surface area (Å²) in [5, 5.41) is 9.89. The fourth-order valence-electron chi connectivity index (χ4n) is 5.29. The Morgan fingerprint density at radius 2 is 1.75 bits per heavy atom. The SMILES string of the molecule is CCCCCc1cn(C(=O)CC2CCCCC2)c(=O)n1Cc1ccc(-c2ccccc2)c(C(=O)O)c1. The number of carboxylic acids is 1. The van der Waals surface area contributed by atoms with Crippen LogP contribution in [0.25, 0.3) is 11.1 Å². The molecule has 0 saturated heterocycles. The second kappa shape index (κ2) is 12.0. The zero-order valence-corrected chi connectivity index (χ0v) is 21.1. The van der Waals surface area contributed by atoms with Gasteiger partial charge in [0.25, 0.3) is 0 Å². The Morgan fingerprint density at radius 3 is 2.44 bits per heavy atom. The molecular formula is C30H36N2O4. The smallest absolute Gasteiger partial charge is 0.336 e. The third kappa shape index (κ3) is 6.04. The monoisotopic (exact) mass is 488 g/mol. The van der Waals surface area contributed by atoms with Gasteiger partial charge in [-0.1, -0.05) is 81.5 Å². The minimum absolute atomic E-state index is 0.131. The molecule has 0 unspecified atom stereocenters. The number of aromatic carboxylic acids is 1. The molecule has 1 fully saturated rings. The second-order valence-electron chi connectivity index (χ2n) is 9.97. The molecule has 2 aromatic carbocycles. The predicted molar refractivity (Wildman–Crippen MR) is 142 cm³/mol.